The molecule has 2 nitrogen and oxygen atoms in total. The standard InChI is InChI=1S/C11H16FNO/c1-8-6-9(4-5-10(8)12)11(13-2)7-14-3/h4-6,11,13H,7H2,1-3H3. The van der Waals surface area contributed by atoms with E-state index in [2.05, 4.69) is 5.32 Å². The van der Waals surface area contributed by atoms with Crippen LogP contribution in [0, 0.1) is 12.7 Å². The third kappa shape index (κ3) is 2.53. The van der Waals surface area contributed by atoms with Crippen molar-refractivity contribution in [1.29, 1.82) is 0 Å². The van der Waals surface area contributed by atoms with E-state index in [0.29, 0.717) is 12.2 Å². The number of likely N-dealkylation sites (N-methyl/N-ethyl adjacent to an activating group) is 1. The summed E-state index contributed by atoms with van der Waals surface area (Å²) >= 11 is 0. The Morgan fingerprint density at radius 1 is 1.50 bits per heavy atom. The van der Waals surface area contributed by atoms with Crippen molar-refractivity contribution in [3.8, 4) is 0 Å². The van der Waals surface area contributed by atoms with Gasteiger partial charge >= 0.3 is 0 Å². The van der Waals surface area contributed by atoms with Gasteiger partial charge < -0.3 is 10.1 Å². The predicted octanol–water partition coefficient (Wildman–Crippen LogP) is 2.04. The van der Waals surface area contributed by atoms with Crippen molar-refractivity contribution >= 4 is 0 Å². The van der Waals surface area contributed by atoms with E-state index in [-0.39, 0.29) is 11.9 Å². The smallest absolute Gasteiger partial charge is 0.126 e. The SMILES string of the molecule is CNC(COC)c1ccc(F)c(C)c1. The first-order valence-electron chi connectivity index (χ1n) is 4.61. The fraction of sp³-hybridized carbons (Fsp3) is 0.455. The molecule has 0 aromatic heterocycles. The van der Waals surface area contributed by atoms with Gasteiger partial charge in [0.05, 0.1) is 12.6 Å². The average Bonchev–Trinajstić information content (AvgIpc) is 2.19. The van der Waals surface area contributed by atoms with Crippen LogP contribution >= 0.6 is 0 Å². The topological polar surface area (TPSA) is 21.3 Å². The summed E-state index contributed by atoms with van der Waals surface area (Å²) in [6.45, 7) is 2.35. The molecule has 3 heteroatoms. The van der Waals surface area contributed by atoms with E-state index in [4.69, 9.17) is 4.74 Å². The summed E-state index contributed by atoms with van der Waals surface area (Å²) in [5.74, 6) is -0.166. The Hall–Kier alpha value is -0.930. The Morgan fingerprint density at radius 3 is 2.71 bits per heavy atom. The molecule has 0 aliphatic rings. The molecule has 0 fully saturated rings. The molecule has 0 radical (unpaired) electrons. The molecule has 1 unspecified atom stereocenters. The molecular formula is C11H16FNO. The largest absolute Gasteiger partial charge is 0.383 e. The van der Waals surface area contributed by atoms with E-state index < -0.39 is 0 Å². The third-order valence-corrected chi connectivity index (χ3v) is 2.27. The van der Waals surface area contributed by atoms with E-state index in [1.807, 2.05) is 13.1 Å². The van der Waals surface area contributed by atoms with Gasteiger partial charge in [-0.25, -0.2) is 4.39 Å². The van der Waals surface area contributed by atoms with Crippen LogP contribution in [0.25, 0.3) is 0 Å². The van der Waals surface area contributed by atoms with Crippen molar-refractivity contribution in [2.45, 2.75) is 13.0 Å². The van der Waals surface area contributed by atoms with E-state index in [1.54, 1.807) is 20.1 Å². The summed E-state index contributed by atoms with van der Waals surface area (Å²) in [4.78, 5) is 0. The van der Waals surface area contributed by atoms with Gasteiger partial charge in [-0.2, -0.15) is 0 Å². The molecule has 14 heavy (non-hydrogen) atoms. The maximum Gasteiger partial charge on any atom is 0.126 e. The van der Waals surface area contributed by atoms with Gasteiger partial charge in [-0.3, -0.25) is 0 Å². The van der Waals surface area contributed by atoms with Gasteiger partial charge in [0.15, 0.2) is 0 Å². The molecule has 0 saturated heterocycles. The van der Waals surface area contributed by atoms with E-state index >= 15 is 0 Å². The highest BCUT2D eigenvalue weighted by Crippen LogP contribution is 2.16. The molecule has 0 heterocycles. The highest BCUT2D eigenvalue weighted by Gasteiger charge is 2.09. The van der Waals surface area contributed by atoms with Crippen LogP contribution in [0.3, 0.4) is 0 Å². The number of methoxy groups -OCH3 is 1. The lowest BCUT2D eigenvalue weighted by Crippen LogP contribution is -2.21. The van der Waals surface area contributed by atoms with Crippen molar-refractivity contribution in [2.24, 2.45) is 0 Å². The summed E-state index contributed by atoms with van der Waals surface area (Å²) in [6.07, 6.45) is 0. The van der Waals surface area contributed by atoms with Crippen molar-refractivity contribution in [3.63, 3.8) is 0 Å². The van der Waals surface area contributed by atoms with E-state index in [0.717, 1.165) is 5.56 Å². The van der Waals surface area contributed by atoms with Crippen LogP contribution in [0.2, 0.25) is 0 Å². The lowest BCUT2D eigenvalue weighted by molar-refractivity contribution is 0.170. The fourth-order valence-electron chi connectivity index (χ4n) is 1.40. The number of hydrogen-bond acceptors (Lipinski definition) is 2. The first-order valence-corrected chi connectivity index (χ1v) is 4.61. The van der Waals surface area contributed by atoms with Gasteiger partial charge in [-0.05, 0) is 31.2 Å². The molecular weight excluding hydrogens is 181 g/mol. The van der Waals surface area contributed by atoms with E-state index in [9.17, 15) is 4.39 Å². The molecule has 0 aliphatic carbocycles. The summed E-state index contributed by atoms with van der Waals surface area (Å²) in [5.41, 5.74) is 1.71. The van der Waals surface area contributed by atoms with Crippen LogP contribution in [-0.2, 0) is 4.74 Å². The van der Waals surface area contributed by atoms with Crippen molar-refractivity contribution < 1.29 is 9.13 Å². The molecule has 0 saturated carbocycles. The highest BCUT2D eigenvalue weighted by atomic mass is 19.1. The monoisotopic (exact) mass is 197 g/mol. The number of benzene rings is 1. The van der Waals surface area contributed by atoms with Gasteiger partial charge in [-0.1, -0.05) is 12.1 Å². The van der Waals surface area contributed by atoms with Crippen molar-refractivity contribution in [3.05, 3.63) is 35.1 Å². The molecule has 1 rings (SSSR count). The highest BCUT2D eigenvalue weighted by molar-refractivity contribution is 5.26. The maximum absolute atomic E-state index is 13.0. The number of nitrogens with one attached hydrogen (secondary N) is 1. The summed E-state index contributed by atoms with van der Waals surface area (Å²) in [5, 5.41) is 3.12. The molecule has 0 spiro atoms. The molecule has 1 atom stereocenters. The van der Waals surface area contributed by atoms with Crippen LogP contribution in [-0.4, -0.2) is 20.8 Å². The zero-order valence-corrected chi connectivity index (χ0v) is 8.80. The van der Waals surface area contributed by atoms with Crippen molar-refractivity contribution in [2.75, 3.05) is 20.8 Å². The van der Waals surface area contributed by atoms with Crippen LogP contribution in [0.1, 0.15) is 17.2 Å². The molecule has 0 bridgehead atoms. The first kappa shape index (κ1) is 11.1. The lowest BCUT2D eigenvalue weighted by atomic mass is 10.0. The minimum Gasteiger partial charge on any atom is -0.383 e. The van der Waals surface area contributed by atoms with Gasteiger partial charge in [0.2, 0.25) is 0 Å². The van der Waals surface area contributed by atoms with Crippen molar-refractivity contribution in [1.82, 2.24) is 5.32 Å². The Labute approximate surface area is 84.1 Å². The third-order valence-electron chi connectivity index (χ3n) is 2.27. The molecule has 0 aliphatic heterocycles. The zero-order valence-electron chi connectivity index (χ0n) is 8.80. The Balaban J connectivity index is 2.88. The number of aryl methyl sites for hydroxylation is 1. The predicted molar refractivity (Wildman–Crippen MR) is 54.8 cm³/mol. The first-order chi connectivity index (χ1) is 6.69. The summed E-state index contributed by atoms with van der Waals surface area (Å²) in [6, 6.07) is 5.24. The second kappa shape index (κ2) is 5.08. The van der Waals surface area contributed by atoms with E-state index in [1.165, 1.54) is 6.07 Å². The minimum atomic E-state index is -0.166. The normalized spacial score (nSPS) is 12.9. The summed E-state index contributed by atoms with van der Waals surface area (Å²) in [7, 11) is 3.52. The van der Waals surface area contributed by atoms with Gasteiger partial charge in [0.25, 0.3) is 0 Å². The maximum atomic E-state index is 13.0. The van der Waals surface area contributed by atoms with Crippen LogP contribution < -0.4 is 5.32 Å². The van der Waals surface area contributed by atoms with Crippen LogP contribution in [0.5, 0.6) is 0 Å². The van der Waals surface area contributed by atoms with Gasteiger partial charge in [0, 0.05) is 7.11 Å². The minimum absolute atomic E-state index is 0.124. The molecule has 1 N–H and O–H groups in total. The van der Waals surface area contributed by atoms with Gasteiger partial charge in [0.1, 0.15) is 5.82 Å². The quantitative estimate of drug-likeness (QED) is 0.797. The zero-order chi connectivity index (χ0) is 10.6. The second-order valence-corrected chi connectivity index (χ2v) is 3.31. The molecule has 1 aromatic rings. The lowest BCUT2D eigenvalue weighted by Gasteiger charge is -2.16. The van der Waals surface area contributed by atoms with Crippen LogP contribution in [0.4, 0.5) is 4.39 Å². The molecule has 0 amide bonds. The Bertz CT molecular complexity index is 301. The number of halogens is 1. The second-order valence-electron chi connectivity index (χ2n) is 3.31. The average molecular weight is 197 g/mol. The number of hydrogen-bond donors (Lipinski definition) is 1. The summed E-state index contributed by atoms with van der Waals surface area (Å²) < 4.78 is 18.1. The number of rotatable bonds is 4. The molecule has 78 valence electrons. The van der Waals surface area contributed by atoms with Gasteiger partial charge in [-0.15, -0.1) is 0 Å². The Kier molecular flexibility index (Phi) is 4.04. The van der Waals surface area contributed by atoms with Crippen LogP contribution in [0.15, 0.2) is 18.2 Å². The number of ether oxygens (including phenoxy) is 1. The molecule has 1 aromatic carbocycles. The fourth-order valence-corrected chi connectivity index (χ4v) is 1.40. The Morgan fingerprint density at radius 2 is 2.21 bits per heavy atom.